The Hall–Kier alpha value is -1.95. The minimum Gasteiger partial charge on any atom is -0.385 e. The van der Waals surface area contributed by atoms with Gasteiger partial charge in [-0.1, -0.05) is 10.6 Å². The Bertz CT molecular complexity index is 623. The van der Waals surface area contributed by atoms with Crippen LogP contribution in [0.25, 0.3) is 0 Å². The Morgan fingerprint density at radius 1 is 1.47 bits per heavy atom. The van der Waals surface area contributed by atoms with Crippen molar-refractivity contribution < 1.29 is 4.79 Å². The highest BCUT2D eigenvalue weighted by Crippen LogP contribution is 2.25. The van der Waals surface area contributed by atoms with Crippen LogP contribution in [-0.4, -0.2) is 22.0 Å². The molecular formula is C13H14N4OS. The van der Waals surface area contributed by atoms with Gasteiger partial charge < -0.3 is 10.6 Å². The average molecular weight is 274 g/mol. The van der Waals surface area contributed by atoms with E-state index < -0.39 is 0 Å². The predicted molar refractivity (Wildman–Crippen MR) is 75.9 cm³/mol. The SMILES string of the molecule is Cc1nnsc1C(=O)Nc1ccc2c(c1)NCCC2. The van der Waals surface area contributed by atoms with Gasteiger partial charge in [0.2, 0.25) is 0 Å². The Balaban J connectivity index is 1.80. The van der Waals surface area contributed by atoms with E-state index in [2.05, 4.69) is 26.3 Å². The van der Waals surface area contributed by atoms with Gasteiger partial charge in [0.25, 0.3) is 5.91 Å². The highest BCUT2D eigenvalue weighted by Gasteiger charge is 2.14. The summed E-state index contributed by atoms with van der Waals surface area (Å²) in [5.41, 5.74) is 3.88. The quantitative estimate of drug-likeness (QED) is 0.882. The highest BCUT2D eigenvalue weighted by atomic mass is 32.1. The molecule has 98 valence electrons. The largest absolute Gasteiger partial charge is 0.385 e. The molecule has 0 saturated heterocycles. The third-order valence-electron chi connectivity index (χ3n) is 3.16. The molecule has 5 nitrogen and oxygen atoms in total. The number of nitrogens with one attached hydrogen (secondary N) is 2. The number of hydrogen-bond acceptors (Lipinski definition) is 5. The maximum atomic E-state index is 12.1. The van der Waals surface area contributed by atoms with Gasteiger partial charge in [0.1, 0.15) is 4.88 Å². The molecule has 0 saturated carbocycles. The summed E-state index contributed by atoms with van der Waals surface area (Å²) in [4.78, 5) is 12.6. The van der Waals surface area contributed by atoms with Crippen molar-refractivity contribution in [2.75, 3.05) is 17.2 Å². The summed E-state index contributed by atoms with van der Waals surface area (Å²) in [5.74, 6) is -0.150. The van der Waals surface area contributed by atoms with E-state index in [4.69, 9.17) is 0 Å². The zero-order chi connectivity index (χ0) is 13.2. The average Bonchev–Trinajstić information content (AvgIpc) is 2.85. The first-order chi connectivity index (χ1) is 9.24. The Morgan fingerprint density at radius 2 is 2.37 bits per heavy atom. The summed E-state index contributed by atoms with van der Waals surface area (Å²) in [6, 6.07) is 5.98. The number of rotatable bonds is 2. The van der Waals surface area contributed by atoms with Crippen LogP contribution in [0.1, 0.15) is 27.3 Å². The number of carbonyl (C=O) groups excluding carboxylic acids is 1. The molecule has 0 bridgehead atoms. The molecule has 0 fully saturated rings. The molecule has 0 atom stereocenters. The molecule has 0 aliphatic carbocycles. The monoisotopic (exact) mass is 274 g/mol. The zero-order valence-corrected chi connectivity index (χ0v) is 11.4. The molecule has 1 aliphatic rings. The molecule has 19 heavy (non-hydrogen) atoms. The molecule has 1 aromatic heterocycles. The lowest BCUT2D eigenvalue weighted by Gasteiger charge is -2.18. The van der Waals surface area contributed by atoms with Crippen LogP contribution in [0.2, 0.25) is 0 Å². The molecule has 2 aromatic rings. The smallest absolute Gasteiger partial charge is 0.269 e. The number of fused-ring (bicyclic) bond motifs is 1. The van der Waals surface area contributed by atoms with Crippen molar-refractivity contribution in [2.24, 2.45) is 0 Å². The number of aryl methyl sites for hydroxylation is 2. The van der Waals surface area contributed by atoms with Crippen molar-refractivity contribution in [3.63, 3.8) is 0 Å². The molecule has 0 spiro atoms. The van der Waals surface area contributed by atoms with Gasteiger partial charge in [-0.15, -0.1) is 5.10 Å². The molecule has 2 heterocycles. The van der Waals surface area contributed by atoms with Crippen LogP contribution in [0.5, 0.6) is 0 Å². The van der Waals surface area contributed by atoms with Crippen LogP contribution in [0.15, 0.2) is 18.2 Å². The summed E-state index contributed by atoms with van der Waals surface area (Å²) in [6.07, 6.45) is 2.25. The molecule has 0 unspecified atom stereocenters. The van der Waals surface area contributed by atoms with Crippen LogP contribution < -0.4 is 10.6 Å². The number of benzene rings is 1. The van der Waals surface area contributed by atoms with Gasteiger partial charge in [0.15, 0.2) is 0 Å². The lowest BCUT2D eigenvalue weighted by atomic mass is 10.0. The maximum absolute atomic E-state index is 12.1. The summed E-state index contributed by atoms with van der Waals surface area (Å²) >= 11 is 1.12. The van der Waals surface area contributed by atoms with E-state index >= 15 is 0 Å². The fraction of sp³-hybridized carbons (Fsp3) is 0.308. The van der Waals surface area contributed by atoms with Crippen molar-refractivity contribution in [3.05, 3.63) is 34.3 Å². The zero-order valence-electron chi connectivity index (χ0n) is 10.6. The van der Waals surface area contributed by atoms with E-state index in [1.165, 1.54) is 5.56 Å². The van der Waals surface area contributed by atoms with E-state index in [0.29, 0.717) is 10.6 Å². The van der Waals surface area contributed by atoms with Crippen molar-refractivity contribution in [1.82, 2.24) is 9.59 Å². The number of carbonyl (C=O) groups is 1. The van der Waals surface area contributed by atoms with Gasteiger partial charge in [-0.3, -0.25) is 4.79 Å². The van der Waals surface area contributed by atoms with Gasteiger partial charge >= 0.3 is 0 Å². The van der Waals surface area contributed by atoms with Crippen molar-refractivity contribution in [2.45, 2.75) is 19.8 Å². The fourth-order valence-electron chi connectivity index (χ4n) is 2.17. The molecule has 1 amide bonds. The first kappa shape index (κ1) is 12.1. The Labute approximate surface area is 115 Å². The van der Waals surface area contributed by atoms with Gasteiger partial charge in [-0.05, 0) is 49.0 Å². The third-order valence-corrected chi connectivity index (χ3v) is 3.99. The Kier molecular flexibility index (Phi) is 3.16. The van der Waals surface area contributed by atoms with Crippen molar-refractivity contribution in [3.8, 4) is 0 Å². The van der Waals surface area contributed by atoms with Crippen LogP contribution in [0.3, 0.4) is 0 Å². The van der Waals surface area contributed by atoms with Crippen LogP contribution in [-0.2, 0) is 6.42 Å². The molecule has 3 rings (SSSR count). The molecule has 0 radical (unpaired) electrons. The van der Waals surface area contributed by atoms with Crippen LogP contribution >= 0.6 is 11.5 Å². The Morgan fingerprint density at radius 3 is 3.16 bits per heavy atom. The molecular weight excluding hydrogens is 260 g/mol. The summed E-state index contributed by atoms with van der Waals surface area (Å²) in [6.45, 7) is 2.77. The highest BCUT2D eigenvalue weighted by molar-refractivity contribution is 7.08. The first-order valence-corrected chi connectivity index (χ1v) is 6.98. The van der Waals surface area contributed by atoms with Gasteiger partial charge in [-0.2, -0.15) is 0 Å². The summed E-state index contributed by atoms with van der Waals surface area (Å²) < 4.78 is 3.77. The van der Waals surface area contributed by atoms with E-state index in [0.717, 1.165) is 42.3 Å². The minimum atomic E-state index is -0.150. The molecule has 2 N–H and O–H groups in total. The van der Waals surface area contributed by atoms with E-state index in [1.54, 1.807) is 6.92 Å². The van der Waals surface area contributed by atoms with Crippen molar-refractivity contribution in [1.29, 1.82) is 0 Å². The number of hydrogen-bond donors (Lipinski definition) is 2. The molecule has 1 aromatic carbocycles. The number of anilines is 2. The number of nitrogens with zero attached hydrogens (tertiary/aromatic N) is 2. The normalized spacial score (nSPS) is 13.5. The number of aromatic nitrogens is 2. The maximum Gasteiger partial charge on any atom is 0.269 e. The topological polar surface area (TPSA) is 66.9 Å². The number of amides is 1. The van der Waals surface area contributed by atoms with Gasteiger partial charge in [0, 0.05) is 17.9 Å². The van der Waals surface area contributed by atoms with Crippen LogP contribution in [0, 0.1) is 6.92 Å². The standard InChI is InChI=1S/C13H14N4OS/c1-8-12(19-17-16-8)13(18)15-10-5-4-9-3-2-6-14-11(9)7-10/h4-5,7,14H,2-3,6H2,1H3,(H,15,18). The van der Waals surface area contributed by atoms with Gasteiger partial charge in [-0.25, -0.2) is 0 Å². The lowest BCUT2D eigenvalue weighted by Crippen LogP contribution is -2.14. The van der Waals surface area contributed by atoms with Crippen LogP contribution in [0.4, 0.5) is 11.4 Å². The lowest BCUT2D eigenvalue weighted by molar-refractivity contribution is 0.103. The van der Waals surface area contributed by atoms with E-state index in [-0.39, 0.29) is 5.91 Å². The predicted octanol–water partition coefficient (Wildman–Crippen LogP) is 2.46. The molecule has 6 heteroatoms. The second kappa shape index (κ2) is 4.97. The molecule has 1 aliphatic heterocycles. The van der Waals surface area contributed by atoms with Gasteiger partial charge in [0.05, 0.1) is 5.69 Å². The summed E-state index contributed by atoms with van der Waals surface area (Å²) in [7, 11) is 0. The fourth-order valence-corrected chi connectivity index (χ4v) is 2.72. The minimum absolute atomic E-state index is 0.150. The second-order valence-corrected chi connectivity index (χ2v) is 5.30. The summed E-state index contributed by atoms with van der Waals surface area (Å²) in [5, 5.41) is 10.1. The van der Waals surface area contributed by atoms with Crippen molar-refractivity contribution >= 4 is 28.8 Å². The first-order valence-electron chi connectivity index (χ1n) is 6.21. The van der Waals surface area contributed by atoms with E-state index in [1.807, 2.05) is 12.1 Å². The second-order valence-electron chi connectivity index (χ2n) is 4.54. The van der Waals surface area contributed by atoms with E-state index in [9.17, 15) is 4.79 Å². The third kappa shape index (κ3) is 2.44.